The van der Waals surface area contributed by atoms with Gasteiger partial charge in [-0.15, -0.1) is 0 Å². The van der Waals surface area contributed by atoms with E-state index in [-0.39, 0.29) is 89.6 Å². The van der Waals surface area contributed by atoms with Crippen LogP contribution in [0.1, 0.15) is 149 Å². The molecule has 474 valence electrons. The van der Waals surface area contributed by atoms with Crippen molar-refractivity contribution in [3.05, 3.63) is 60.8 Å². The molecule has 0 spiro atoms. The number of allylic oxidation sites excluding steroid dienone is 3. The Kier molecular flexibility index (Phi) is 32.3. The lowest BCUT2D eigenvalue weighted by molar-refractivity contribution is -0.149. The van der Waals surface area contributed by atoms with Crippen LogP contribution in [-0.2, 0) is 33.6 Å². The van der Waals surface area contributed by atoms with E-state index in [1.165, 1.54) is 4.90 Å². The highest BCUT2D eigenvalue weighted by molar-refractivity contribution is 5.93. The molecular weight excluding hydrogens is 1050 g/mol. The van der Waals surface area contributed by atoms with Crippen LogP contribution in [0, 0.1) is 41.4 Å². The molecule has 0 aliphatic carbocycles. The Hall–Kier alpha value is -5.65. The number of nitrogens with zero attached hydrogens (tertiary/aromatic N) is 7. The number of nitrogens with one attached hydrogen (secondary N) is 4. The van der Waals surface area contributed by atoms with Gasteiger partial charge < -0.3 is 55.5 Å². The van der Waals surface area contributed by atoms with Crippen LogP contribution in [0.3, 0.4) is 0 Å². The van der Waals surface area contributed by atoms with Crippen LogP contribution in [0.2, 0.25) is 0 Å². The maximum Gasteiger partial charge on any atom is 0.245 e. The van der Waals surface area contributed by atoms with Gasteiger partial charge in [0, 0.05) is 65.1 Å². The first-order chi connectivity index (χ1) is 38.5. The van der Waals surface area contributed by atoms with Gasteiger partial charge in [0.05, 0.1) is 37.3 Å². The molecule has 1 heterocycles. The molecule has 1 rings (SSSR count). The van der Waals surface area contributed by atoms with Crippen LogP contribution in [0.25, 0.3) is 0 Å². The second kappa shape index (κ2) is 35.6. The normalized spacial score (nSPS) is 17.9. The van der Waals surface area contributed by atoms with E-state index in [0.29, 0.717) is 55.7 Å². The van der Waals surface area contributed by atoms with Gasteiger partial charge in [0.1, 0.15) is 36.5 Å². The molecule has 0 aromatic carbocycles. The molecule has 0 aromatic rings. The summed E-state index contributed by atoms with van der Waals surface area (Å²) in [5.41, 5.74) is 2.57. The smallest absolute Gasteiger partial charge is 0.245 e. The number of rotatable bonds is 37. The predicted molar refractivity (Wildman–Crippen MR) is 339 cm³/mol. The number of hydrogen-bond donors (Lipinski definition) is 4. The Bertz CT molecular complexity index is 2220. The molecule has 11 atom stereocenters. The molecule has 0 radical (unpaired) electrons. The van der Waals surface area contributed by atoms with E-state index < -0.39 is 48.2 Å². The molecule has 6 amide bonds. The van der Waals surface area contributed by atoms with Crippen molar-refractivity contribution in [2.24, 2.45) is 41.4 Å². The van der Waals surface area contributed by atoms with Crippen molar-refractivity contribution < 1.29 is 33.6 Å². The topological polar surface area (TPSA) is 190 Å². The summed E-state index contributed by atoms with van der Waals surface area (Å²) in [6, 6.07) is -5.66. The Morgan fingerprint density at radius 3 is 1.65 bits per heavy atom. The second-order valence-corrected chi connectivity index (χ2v) is 26.1. The zero-order chi connectivity index (χ0) is 64.1. The van der Waals surface area contributed by atoms with Gasteiger partial charge in [-0.05, 0) is 114 Å². The van der Waals surface area contributed by atoms with Crippen LogP contribution < -0.4 is 21.3 Å². The first-order valence-electron chi connectivity index (χ1n) is 30.6. The number of carbonyl (C=O) groups excluding carboxylic acids is 7. The molecule has 4 unspecified atom stereocenters. The van der Waals surface area contributed by atoms with Gasteiger partial charge in [0.25, 0.3) is 0 Å². The van der Waals surface area contributed by atoms with Gasteiger partial charge in [-0.2, -0.15) is 0 Å². The monoisotopic (exact) mass is 1160 g/mol. The van der Waals surface area contributed by atoms with Gasteiger partial charge in [0.2, 0.25) is 35.4 Å². The van der Waals surface area contributed by atoms with E-state index in [0.717, 1.165) is 24.8 Å². The average molecular weight is 1160 g/mol. The standard InChI is InChI=1S/C65H117N11O7/c1-27-29-30-45(13)36-54(74(24)65(83)59(44(11)12)76(26)63(81)57(70(19)20)33-42(7)8)50(18)67-53(28-2)62(80)71(21)38-47(15)72(22)55(31-40(3)4)61(79)69-58(43(9)10)64(82)75(25)56(32-41(5)6)60(78)68-49(17)48(16)66-37-51-34-46(14)35-52(39-77)73(51)23/h27,29,34,39-46,49,52-59,66-67H,15-16,18,28,30-33,35-38H2,1-14,17,19-26H3,(H,68,78)(H,69,79)/b29-27+/t45-,46?,49+,52+,53+,54?,55+,56+,57+,58?,59?/m1/s1. The highest BCUT2D eigenvalue weighted by Crippen LogP contribution is 2.27. The Morgan fingerprint density at radius 2 is 1.17 bits per heavy atom. The number of hydrogen-bond acceptors (Lipinski definition) is 12. The van der Waals surface area contributed by atoms with Gasteiger partial charge in [0.15, 0.2) is 0 Å². The molecular formula is C65H117N11O7. The summed E-state index contributed by atoms with van der Waals surface area (Å²) in [6.07, 6.45) is 11.1. The fourth-order valence-corrected chi connectivity index (χ4v) is 10.9. The number of likely N-dealkylation sites (N-methyl/N-ethyl adjacent to an activating group) is 7. The van der Waals surface area contributed by atoms with Crippen LogP contribution in [0.15, 0.2) is 60.8 Å². The van der Waals surface area contributed by atoms with Crippen molar-refractivity contribution in [1.82, 2.24) is 55.6 Å². The van der Waals surface area contributed by atoms with Crippen molar-refractivity contribution in [3.8, 4) is 0 Å². The molecule has 18 heteroatoms. The van der Waals surface area contributed by atoms with Gasteiger partial charge in [-0.3, -0.25) is 33.7 Å². The lowest BCUT2D eigenvalue weighted by Gasteiger charge is -2.40. The minimum atomic E-state index is -0.971. The van der Waals surface area contributed by atoms with Crippen LogP contribution in [-0.4, -0.2) is 200 Å². The molecule has 1 aliphatic rings. The highest BCUT2D eigenvalue weighted by atomic mass is 16.2. The largest absolute Gasteiger partial charge is 0.382 e. The zero-order valence-corrected chi connectivity index (χ0v) is 56.0. The maximum atomic E-state index is 14.8. The summed E-state index contributed by atoms with van der Waals surface area (Å²) in [5, 5.41) is 12.9. The van der Waals surface area contributed by atoms with E-state index in [1.54, 1.807) is 54.8 Å². The molecule has 0 saturated carbocycles. The fourth-order valence-electron chi connectivity index (χ4n) is 10.9. The molecule has 18 nitrogen and oxygen atoms in total. The molecule has 0 fully saturated rings. The molecule has 83 heavy (non-hydrogen) atoms. The van der Waals surface area contributed by atoms with Crippen molar-refractivity contribution in [2.75, 3.05) is 69.5 Å². The molecule has 1 aliphatic heterocycles. The first-order valence-corrected chi connectivity index (χ1v) is 30.6. The minimum absolute atomic E-state index is 0.0510. The Balaban J connectivity index is 3.40. The van der Waals surface area contributed by atoms with Crippen molar-refractivity contribution >= 4 is 41.7 Å². The van der Waals surface area contributed by atoms with Gasteiger partial charge in [-0.1, -0.05) is 128 Å². The van der Waals surface area contributed by atoms with Crippen LogP contribution in [0.4, 0.5) is 0 Å². The third-order valence-electron chi connectivity index (χ3n) is 16.3. The number of carbonyl (C=O) groups is 7. The van der Waals surface area contributed by atoms with Gasteiger partial charge >= 0.3 is 0 Å². The van der Waals surface area contributed by atoms with E-state index in [2.05, 4.69) is 80.9 Å². The number of aldehydes is 1. The van der Waals surface area contributed by atoms with Crippen LogP contribution >= 0.6 is 0 Å². The molecule has 0 aromatic heterocycles. The van der Waals surface area contributed by atoms with Gasteiger partial charge in [-0.25, -0.2) is 0 Å². The van der Waals surface area contributed by atoms with E-state index >= 15 is 0 Å². The lowest BCUT2D eigenvalue weighted by Crippen LogP contribution is -2.59. The Morgan fingerprint density at radius 1 is 0.651 bits per heavy atom. The zero-order valence-electron chi connectivity index (χ0n) is 56.0. The predicted octanol–water partition coefficient (Wildman–Crippen LogP) is 7.51. The van der Waals surface area contributed by atoms with E-state index in [9.17, 15) is 33.6 Å². The Labute approximate surface area is 503 Å². The molecule has 4 N–H and O–H groups in total. The minimum Gasteiger partial charge on any atom is -0.382 e. The van der Waals surface area contributed by atoms with Crippen molar-refractivity contribution in [1.29, 1.82) is 0 Å². The summed E-state index contributed by atoms with van der Waals surface area (Å²) >= 11 is 0. The summed E-state index contributed by atoms with van der Waals surface area (Å²) < 4.78 is 0. The van der Waals surface area contributed by atoms with E-state index in [1.807, 2.05) is 113 Å². The molecule has 0 bridgehead atoms. The van der Waals surface area contributed by atoms with Crippen LogP contribution in [0.5, 0.6) is 0 Å². The average Bonchev–Trinajstić information content (AvgIpc) is 3.43. The molecule has 0 saturated heterocycles. The first kappa shape index (κ1) is 75.4. The third kappa shape index (κ3) is 23.0. The lowest BCUT2D eigenvalue weighted by atomic mass is 9.93. The fraction of sp³-hybridized carbons (Fsp3) is 0.738. The summed E-state index contributed by atoms with van der Waals surface area (Å²) in [7, 11) is 14.2. The summed E-state index contributed by atoms with van der Waals surface area (Å²) in [4.78, 5) is 110. The number of amides is 6. The summed E-state index contributed by atoms with van der Waals surface area (Å²) in [6.45, 7) is 43.3. The van der Waals surface area contributed by atoms with Crippen molar-refractivity contribution in [2.45, 2.75) is 203 Å². The van der Waals surface area contributed by atoms with E-state index in [4.69, 9.17) is 0 Å². The summed E-state index contributed by atoms with van der Waals surface area (Å²) in [5.74, 6) is -1.44. The second-order valence-electron chi connectivity index (χ2n) is 26.1. The van der Waals surface area contributed by atoms with Crippen molar-refractivity contribution in [3.63, 3.8) is 0 Å². The highest BCUT2D eigenvalue weighted by Gasteiger charge is 2.40. The quantitative estimate of drug-likeness (QED) is 0.0355. The third-order valence-corrected chi connectivity index (χ3v) is 16.3. The SMILES string of the molecule is C=C(N[C@@H](CC)C(=O)N(C)CC(=C)N(C)[C@@H](CC(C)C)C(=O)NC(C(=O)N(C)[C@@H](CC(C)C)C(=O)N[C@@H](C)C(=C)NCC1=CC(C)C[C@@H](C=O)N1C)C(C)C)C(C[C@H](C)C/C=C/C)N(C)C(=O)C(C(C)C)N(C)C(=O)[C@H](CC(C)C)N(C)C. The maximum absolute atomic E-state index is 14.8.